The van der Waals surface area contributed by atoms with Crippen molar-refractivity contribution >= 4 is 11.4 Å². The molecule has 3 heteroatoms. The lowest BCUT2D eigenvalue weighted by Gasteiger charge is -2.33. The number of nitrogens with two attached hydrogens (primary N) is 1. The summed E-state index contributed by atoms with van der Waals surface area (Å²) in [6.45, 7) is 1.39. The molecule has 2 aromatic carbocycles. The highest BCUT2D eigenvalue weighted by atomic mass is 19.1. The van der Waals surface area contributed by atoms with Crippen molar-refractivity contribution in [1.29, 1.82) is 0 Å². The van der Waals surface area contributed by atoms with E-state index in [4.69, 9.17) is 5.73 Å². The van der Waals surface area contributed by atoms with E-state index < -0.39 is 0 Å². The molecule has 1 aliphatic rings. The maximum absolute atomic E-state index is 14.4. The highest BCUT2D eigenvalue weighted by molar-refractivity contribution is 5.70. The summed E-state index contributed by atoms with van der Waals surface area (Å²) < 4.78 is 14.4. The van der Waals surface area contributed by atoms with Crippen molar-refractivity contribution in [3.05, 3.63) is 59.4 Å². The number of hydrogen-bond acceptors (Lipinski definition) is 2. The standard InChI is InChI=1S/C17H19FN2/c18-15-8-3-6-14(10-11-19)17(15)20-12-4-7-13-5-1-2-9-16(13)20/h1-3,5-6,8-9H,4,7,10-12,19H2. The molecule has 0 fully saturated rings. The van der Waals surface area contributed by atoms with Gasteiger partial charge in [-0.1, -0.05) is 30.3 Å². The fourth-order valence-corrected chi connectivity index (χ4v) is 2.99. The Morgan fingerprint density at radius 1 is 1.10 bits per heavy atom. The van der Waals surface area contributed by atoms with Crippen molar-refractivity contribution in [1.82, 2.24) is 0 Å². The molecule has 1 aliphatic heterocycles. The largest absolute Gasteiger partial charge is 0.339 e. The highest BCUT2D eigenvalue weighted by Crippen LogP contribution is 2.36. The quantitative estimate of drug-likeness (QED) is 0.926. The summed E-state index contributed by atoms with van der Waals surface area (Å²) in [4.78, 5) is 2.11. The number of benzene rings is 2. The smallest absolute Gasteiger partial charge is 0.147 e. The molecule has 3 rings (SSSR count). The predicted octanol–water partition coefficient (Wildman–Crippen LogP) is 3.41. The van der Waals surface area contributed by atoms with Crippen LogP contribution in [0.4, 0.5) is 15.8 Å². The minimum Gasteiger partial charge on any atom is -0.339 e. The van der Waals surface area contributed by atoms with Crippen LogP contribution in [0.25, 0.3) is 0 Å². The number of halogens is 1. The monoisotopic (exact) mass is 270 g/mol. The van der Waals surface area contributed by atoms with Gasteiger partial charge in [0.1, 0.15) is 5.82 Å². The summed E-state index contributed by atoms with van der Waals surface area (Å²) in [6.07, 6.45) is 2.81. The Bertz CT molecular complexity index is 610. The zero-order chi connectivity index (χ0) is 13.9. The fraction of sp³-hybridized carbons (Fsp3) is 0.294. The molecule has 0 radical (unpaired) electrons. The van der Waals surface area contributed by atoms with Gasteiger partial charge >= 0.3 is 0 Å². The van der Waals surface area contributed by atoms with Crippen LogP contribution >= 0.6 is 0 Å². The van der Waals surface area contributed by atoms with E-state index in [1.54, 1.807) is 6.07 Å². The second-order valence-corrected chi connectivity index (χ2v) is 5.17. The van der Waals surface area contributed by atoms with Crippen LogP contribution in [0.1, 0.15) is 17.5 Å². The molecule has 2 aromatic rings. The molecule has 20 heavy (non-hydrogen) atoms. The van der Waals surface area contributed by atoms with Gasteiger partial charge in [0.25, 0.3) is 0 Å². The first-order chi connectivity index (χ1) is 9.81. The van der Waals surface area contributed by atoms with E-state index in [0.717, 1.165) is 30.6 Å². The second kappa shape index (κ2) is 5.63. The molecule has 0 unspecified atom stereocenters. The lowest BCUT2D eigenvalue weighted by atomic mass is 9.99. The summed E-state index contributed by atoms with van der Waals surface area (Å²) >= 11 is 0. The van der Waals surface area contributed by atoms with Gasteiger partial charge in [0.2, 0.25) is 0 Å². The van der Waals surface area contributed by atoms with Gasteiger partial charge in [-0.05, 0) is 49.1 Å². The van der Waals surface area contributed by atoms with Gasteiger partial charge in [-0.15, -0.1) is 0 Å². The van der Waals surface area contributed by atoms with Gasteiger partial charge in [0, 0.05) is 12.2 Å². The van der Waals surface area contributed by atoms with Crippen LogP contribution < -0.4 is 10.6 Å². The van der Waals surface area contributed by atoms with Crippen LogP contribution in [-0.4, -0.2) is 13.1 Å². The molecule has 0 spiro atoms. The fourth-order valence-electron chi connectivity index (χ4n) is 2.99. The maximum Gasteiger partial charge on any atom is 0.147 e. The van der Waals surface area contributed by atoms with E-state index in [1.807, 2.05) is 18.2 Å². The molecule has 0 aliphatic carbocycles. The number of aryl methyl sites for hydroxylation is 1. The first-order valence-corrected chi connectivity index (χ1v) is 7.14. The Hall–Kier alpha value is -1.87. The van der Waals surface area contributed by atoms with Gasteiger partial charge < -0.3 is 10.6 Å². The van der Waals surface area contributed by atoms with Gasteiger partial charge in [-0.2, -0.15) is 0 Å². The SMILES string of the molecule is NCCc1cccc(F)c1N1CCCc2ccccc21. The number of para-hydroxylation sites is 2. The first kappa shape index (κ1) is 13.1. The molecule has 1 heterocycles. The van der Waals surface area contributed by atoms with Crippen molar-refractivity contribution in [2.24, 2.45) is 5.73 Å². The summed E-state index contributed by atoms with van der Waals surface area (Å²) in [5.74, 6) is -0.160. The number of anilines is 2. The van der Waals surface area contributed by atoms with Crippen molar-refractivity contribution in [2.45, 2.75) is 19.3 Å². The molecule has 2 nitrogen and oxygen atoms in total. The number of nitrogens with zero attached hydrogens (tertiary/aromatic N) is 1. The molecular formula is C17H19FN2. The Morgan fingerprint density at radius 2 is 1.95 bits per heavy atom. The van der Waals surface area contributed by atoms with Crippen molar-refractivity contribution in [2.75, 3.05) is 18.0 Å². The average molecular weight is 270 g/mol. The number of fused-ring (bicyclic) bond motifs is 1. The number of hydrogen-bond donors (Lipinski definition) is 1. The van der Waals surface area contributed by atoms with E-state index in [9.17, 15) is 4.39 Å². The summed E-state index contributed by atoms with van der Waals surface area (Å²) in [5.41, 5.74) is 9.77. The van der Waals surface area contributed by atoms with Gasteiger partial charge in [-0.25, -0.2) is 4.39 Å². The zero-order valence-corrected chi connectivity index (χ0v) is 11.5. The topological polar surface area (TPSA) is 29.3 Å². The third-order valence-electron chi connectivity index (χ3n) is 3.86. The molecule has 104 valence electrons. The summed E-state index contributed by atoms with van der Waals surface area (Å²) in [5, 5.41) is 0. The Morgan fingerprint density at radius 3 is 2.80 bits per heavy atom. The predicted molar refractivity (Wildman–Crippen MR) is 80.9 cm³/mol. The Kier molecular flexibility index (Phi) is 3.70. The third-order valence-corrected chi connectivity index (χ3v) is 3.86. The molecule has 0 saturated carbocycles. The summed E-state index contributed by atoms with van der Waals surface area (Å²) in [7, 11) is 0. The van der Waals surface area contributed by atoms with E-state index in [-0.39, 0.29) is 5.82 Å². The van der Waals surface area contributed by atoms with E-state index in [2.05, 4.69) is 17.0 Å². The molecule has 0 bridgehead atoms. The second-order valence-electron chi connectivity index (χ2n) is 5.17. The first-order valence-electron chi connectivity index (χ1n) is 7.14. The highest BCUT2D eigenvalue weighted by Gasteiger charge is 2.22. The zero-order valence-electron chi connectivity index (χ0n) is 11.5. The van der Waals surface area contributed by atoms with E-state index >= 15 is 0 Å². The lowest BCUT2D eigenvalue weighted by molar-refractivity contribution is 0.617. The van der Waals surface area contributed by atoms with Crippen LogP contribution in [0.3, 0.4) is 0 Å². The van der Waals surface area contributed by atoms with Crippen molar-refractivity contribution in [3.8, 4) is 0 Å². The normalized spacial score (nSPS) is 14.2. The van der Waals surface area contributed by atoms with Crippen LogP contribution in [0.15, 0.2) is 42.5 Å². The van der Waals surface area contributed by atoms with Crippen LogP contribution in [0.5, 0.6) is 0 Å². The lowest BCUT2D eigenvalue weighted by Crippen LogP contribution is -2.26. The molecule has 0 atom stereocenters. The van der Waals surface area contributed by atoms with Gasteiger partial charge in [0.15, 0.2) is 0 Å². The van der Waals surface area contributed by atoms with Crippen molar-refractivity contribution < 1.29 is 4.39 Å². The third kappa shape index (κ3) is 2.29. The summed E-state index contributed by atoms with van der Waals surface area (Å²) in [6, 6.07) is 13.5. The van der Waals surface area contributed by atoms with Crippen molar-refractivity contribution in [3.63, 3.8) is 0 Å². The maximum atomic E-state index is 14.4. The minimum atomic E-state index is -0.160. The molecule has 2 N–H and O–H groups in total. The Balaban J connectivity index is 2.10. The molecule has 0 saturated heterocycles. The van der Waals surface area contributed by atoms with E-state index in [0.29, 0.717) is 18.7 Å². The molecule has 0 aromatic heterocycles. The van der Waals surface area contributed by atoms with Crippen LogP contribution in [-0.2, 0) is 12.8 Å². The van der Waals surface area contributed by atoms with Crippen LogP contribution in [0, 0.1) is 5.82 Å². The van der Waals surface area contributed by atoms with E-state index in [1.165, 1.54) is 11.6 Å². The minimum absolute atomic E-state index is 0.160. The Labute approximate surface area is 119 Å². The average Bonchev–Trinajstić information content (AvgIpc) is 2.48. The molecular weight excluding hydrogens is 251 g/mol. The molecule has 0 amide bonds. The number of rotatable bonds is 3. The van der Waals surface area contributed by atoms with Gasteiger partial charge in [0.05, 0.1) is 5.69 Å². The van der Waals surface area contributed by atoms with Gasteiger partial charge in [-0.3, -0.25) is 0 Å². The van der Waals surface area contributed by atoms with Crippen LogP contribution in [0.2, 0.25) is 0 Å².